The van der Waals surface area contributed by atoms with Crippen LogP contribution in [-0.2, 0) is 4.79 Å². The van der Waals surface area contributed by atoms with Gasteiger partial charge in [-0.05, 0) is 77.0 Å². The minimum Gasteiger partial charge on any atom is -0.394 e. The van der Waals surface area contributed by atoms with Gasteiger partial charge in [0.15, 0.2) is 0 Å². The number of allylic oxidation sites excluding steroid dienone is 9. The second-order valence-corrected chi connectivity index (χ2v) is 23.4. The maximum absolute atomic E-state index is 12.6. The fourth-order valence-electron chi connectivity index (χ4n) is 10.6. The Bertz CT molecular complexity index is 1270. The molecule has 5 heteroatoms. The highest BCUT2D eigenvalue weighted by Crippen LogP contribution is 2.18. The van der Waals surface area contributed by atoms with Gasteiger partial charge < -0.3 is 20.6 Å². The van der Waals surface area contributed by atoms with E-state index in [4.69, 9.17) is 0 Å². The van der Waals surface area contributed by atoms with Crippen LogP contribution in [0.3, 0.4) is 0 Å². The molecule has 0 aliphatic carbocycles. The predicted octanol–water partition coefficient (Wildman–Crippen LogP) is 22.1. The third-order valence-corrected chi connectivity index (χ3v) is 15.8. The number of hydrogen-bond acceptors (Lipinski definition) is 4. The molecule has 0 aliphatic rings. The zero-order valence-corrected chi connectivity index (χ0v) is 51.1. The number of nitrogens with one attached hydrogen (secondary N) is 1. The number of hydrogen-bond donors (Lipinski definition) is 4. The molecule has 446 valence electrons. The van der Waals surface area contributed by atoms with E-state index < -0.39 is 18.2 Å². The molecule has 0 rings (SSSR count). The lowest BCUT2D eigenvalue weighted by molar-refractivity contribution is -0.124. The SMILES string of the molecule is CCCCCCCCCCCCCCCC/C=C/CC/C=C/CC/C=C/C(O)C(CO)NC(=O)CC(O)CCCCCCCCCCCCCCCCC/C=C\C/C=C\CCCCCCCCCCCCCCCCC. The van der Waals surface area contributed by atoms with Crippen molar-refractivity contribution in [3.8, 4) is 0 Å². The van der Waals surface area contributed by atoms with E-state index in [2.05, 4.69) is 67.8 Å². The summed E-state index contributed by atoms with van der Waals surface area (Å²) >= 11 is 0. The van der Waals surface area contributed by atoms with Crippen molar-refractivity contribution in [2.45, 2.75) is 379 Å². The average molecular weight is 1060 g/mol. The van der Waals surface area contributed by atoms with Gasteiger partial charge in [0.1, 0.15) is 0 Å². The van der Waals surface area contributed by atoms with Crippen LogP contribution >= 0.6 is 0 Å². The minimum atomic E-state index is -0.964. The second kappa shape index (κ2) is 65.6. The van der Waals surface area contributed by atoms with Crippen LogP contribution in [0.4, 0.5) is 0 Å². The highest BCUT2D eigenvalue weighted by molar-refractivity contribution is 5.76. The average Bonchev–Trinajstić information content (AvgIpc) is 3.42. The molecular weight excluding hydrogens is 931 g/mol. The first-order valence-electron chi connectivity index (χ1n) is 34.1. The zero-order chi connectivity index (χ0) is 55.0. The van der Waals surface area contributed by atoms with Crippen molar-refractivity contribution in [2.24, 2.45) is 0 Å². The molecular formula is C71H133NO4. The van der Waals surface area contributed by atoms with Crippen molar-refractivity contribution in [1.29, 1.82) is 0 Å². The van der Waals surface area contributed by atoms with Gasteiger partial charge in [0.05, 0.1) is 31.3 Å². The summed E-state index contributed by atoms with van der Waals surface area (Å²) in [6.45, 7) is 4.24. The summed E-state index contributed by atoms with van der Waals surface area (Å²) in [6.07, 6.45) is 90.4. The second-order valence-electron chi connectivity index (χ2n) is 23.4. The van der Waals surface area contributed by atoms with Crippen molar-refractivity contribution in [1.82, 2.24) is 5.32 Å². The number of aliphatic hydroxyl groups is 3. The first-order chi connectivity index (χ1) is 37.5. The Morgan fingerprint density at radius 2 is 0.605 bits per heavy atom. The van der Waals surface area contributed by atoms with Gasteiger partial charge in [0.2, 0.25) is 5.91 Å². The summed E-state index contributed by atoms with van der Waals surface area (Å²) in [5.74, 6) is -0.326. The van der Waals surface area contributed by atoms with E-state index in [0.29, 0.717) is 6.42 Å². The number of rotatable bonds is 63. The summed E-state index contributed by atoms with van der Waals surface area (Å²) in [5.41, 5.74) is 0. The lowest BCUT2D eigenvalue weighted by Gasteiger charge is -2.21. The molecule has 0 aromatic rings. The fraction of sp³-hybridized carbons (Fsp3) is 0.845. The van der Waals surface area contributed by atoms with Crippen LogP contribution in [0.15, 0.2) is 60.8 Å². The van der Waals surface area contributed by atoms with Gasteiger partial charge in [-0.1, -0.05) is 338 Å². The van der Waals surface area contributed by atoms with Crippen LogP contribution in [0, 0.1) is 0 Å². The monoisotopic (exact) mass is 1060 g/mol. The molecule has 76 heavy (non-hydrogen) atoms. The first-order valence-corrected chi connectivity index (χ1v) is 34.1. The summed E-state index contributed by atoms with van der Waals surface area (Å²) in [6, 6.07) is -0.771. The Hall–Kier alpha value is -1.95. The summed E-state index contributed by atoms with van der Waals surface area (Å²) < 4.78 is 0. The Morgan fingerprint density at radius 1 is 0.342 bits per heavy atom. The predicted molar refractivity (Wildman–Crippen MR) is 337 cm³/mol. The number of amides is 1. The van der Waals surface area contributed by atoms with Crippen molar-refractivity contribution in [3.05, 3.63) is 60.8 Å². The van der Waals surface area contributed by atoms with Crippen LogP contribution in [0.2, 0.25) is 0 Å². The number of aliphatic hydroxyl groups excluding tert-OH is 3. The zero-order valence-electron chi connectivity index (χ0n) is 51.1. The molecule has 0 saturated carbocycles. The van der Waals surface area contributed by atoms with E-state index in [1.807, 2.05) is 6.08 Å². The molecule has 0 radical (unpaired) electrons. The van der Waals surface area contributed by atoms with E-state index in [9.17, 15) is 20.1 Å². The van der Waals surface area contributed by atoms with Crippen LogP contribution in [0.5, 0.6) is 0 Å². The van der Waals surface area contributed by atoms with Crippen molar-refractivity contribution >= 4 is 5.91 Å². The topological polar surface area (TPSA) is 89.8 Å². The van der Waals surface area contributed by atoms with Crippen LogP contribution in [-0.4, -0.2) is 46.1 Å². The molecule has 5 nitrogen and oxygen atoms in total. The quantitative estimate of drug-likeness (QED) is 0.0361. The van der Waals surface area contributed by atoms with E-state index in [1.54, 1.807) is 6.08 Å². The van der Waals surface area contributed by atoms with E-state index in [-0.39, 0.29) is 18.9 Å². The van der Waals surface area contributed by atoms with Gasteiger partial charge in [0, 0.05) is 0 Å². The molecule has 0 spiro atoms. The van der Waals surface area contributed by atoms with Gasteiger partial charge in [-0.3, -0.25) is 4.79 Å². The van der Waals surface area contributed by atoms with Gasteiger partial charge in [-0.2, -0.15) is 0 Å². The molecule has 3 unspecified atom stereocenters. The van der Waals surface area contributed by atoms with Crippen LogP contribution in [0.1, 0.15) is 361 Å². The maximum atomic E-state index is 12.6. The Labute approximate surface area is 475 Å². The molecule has 0 aromatic carbocycles. The van der Waals surface area contributed by atoms with E-state index in [0.717, 1.165) is 44.9 Å². The van der Waals surface area contributed by atoms with Gasteiger partial charge in [-0.15, -0.1) is 0 Å². The largest absolute Gasteiger partial charge is 0.394 e. The maximum Gasteiger partial charge on any atom is 0.222 e. The lowest BCUT2D eigenvalue weighted by atomic mass is 10.0. The van der Waals surface area contributed by atoms with Gasteiger partial charge in [-0.25, -0.2) is 0 Å². The third kappa shape index (κ3) is 61.3. The Kier molecular flexibility index (Phi) is 63.9. The molecule has 0 aromatic heterocycles. The van der Waals surface area contributed by atoms with Gasteiger partial charge >= 0.3 is 0 Å². The Balaban J connectivity index is 3.55. The standard InChI is InChI=1S/C71H133NO4/c1-3-5-7-9-11-13-15-17-19-21-23-25-27-29-30-31-32-33-34-35-36-37-38-39-40-41-42-44-46-48-50-52-54-56-58-60-62-64-68(74)66-71(76)72-69(67-73)70(75)65-63-61-59-57-55-53-51-49-47-45-43-28-26-24-22-20-18-16-14-12-10-8-6-4-2/h32-33,35-36,47,49,55,57,63,65,68-70,73-75H,3-31,34,37-46,48,50-54,56,58-62,64,66-67H2,1-2H3,(H,72,76)/b33-32-,36-35-,49-47+,57-55+,65-63+. The smallest absolute Gasteiger partial charge is 0.222 e. The summed E-state index contributed by atoms with van der Waals surface area (Å²) in [5, 5.41) is 33.6. The fourth-order valence-corrected chi connectivity index (χ4v) is 10.6. The van der Waals surface area contributed by atoms with Gasteiger partial charge in [0.25, 0.3) is 0 Å². The van der Waals surface area contributed by atoms with E-state index >= 15 is 0 Å². The summed E-state index contributed by atoms with van der Waals surface area (Å²) in [7, 11) is 0. The molecule has 0 saturated heterocycles. The number of carbonyl (C=O) groups is 1. The highest BCUT2D eigenvalue weighted by atomic mass is 16.3. The first kappa shape index (κ1) is 74.0. The third-order valence-electron chi connectivity index (χ3n) is 15.8. The normalized spacial score (nSPS) is 13.5. The van der Waals surface area contributed by atoms with Crippen LogP contribution < -0.4 is 5.32 Å². The molecule has 0 aliphatic heterocycles. The summed E-state index contributed by atoms with van der Waals surface area (Å²) in [4.78, 5) is 12.6. The van der Waals surface area contributed by atoms with Crippen LogP contribution in [0.25, 0.3) is 0 Å². The highest BCUT2D eigenvalue weighted by Gasteiger charge is 2.20. The molecule has 1 amide bonds. The van der Waals surface area contributed by atoms with Crippen molar-refractivity contribution < 1.29 is 20.1 Å². The van der Waals surface area contributed by atoms with Crippen molar-refractivity contribution in [2.75, 3.05) is 6.61 Å². The molecule has 0 heterocycles. The molecule has 0 fully saturated rings. The Morgan fingerprint density at radius 3 is 0.921 bits per heavy atom. The number of carbonyl (C=O) groups excluding carboxylic acids is 1. The minimum absolute atomic E-state index is 0.00185. The lowest BCUT2D eigenvalue weighted by Crippen LogP contribution is -2.45. The van der Waals surface area contributed by atoms with Crippen molar-refractivity contribution in [3.63, 3.8) is 0 Å². The number of unbranched alkanes of at least 4 members (excludes halogenated alkanes) is 46. The molecule has 3 atom stereocenters. The molecule has 4 N–H and O–H groups in total. The molecule has 0 bridgehead atoms. The van der Waals surface area contributed by atoms with E-state index in [1.165, 1.54) is 289 Å².